The summed E-state index contributed by atoms with van der Waals surface area (Å²) < 4.78 is 21.1. The molecule has 0 saturated carbocycles. The predicted molar refractivity (Wildman–Crippen MR) is 81.5 cm³/mol. The minimum atomic E-state index is -0.234. The van der Waals surface area contributed by atoms with E-state index in [2.05, 4.69) is 0 Å². The van der Waals surface area contributed by atoms with Crippen LogP contribution in [-0.4, -0.2) is 20.3 Å². The smallest absolute Gasteiger partial charge is 0.227 e. The number of methoxy groups -OCH3 is 1. The topological polar surface area (TPSA) is 83.9 Å². The third-order valence-corrected chi connectivity index (χ3v) is 2.93. The maximum Gasteiger partial charge on any atom is 0.227 e. The normalized spacial score (nSPS) is 10.3. The molecule has 0 aliphatic heterocycles. The Labute approximate surface area is 128 Å². The summed E-state index contributed by atoms with van der Waals surface area (Å²) in [5, 5.41) is 0. The highest BCUT2D eigenvalue weighted by molar-refractivity contribution is 5.31. The average molecular weight is 305 g/mol. The fraction of sp³-hybridized carbons (Fsp3) is 0.312. The molecule has 0 atom stereocenters. The number of benzene rings is 1. The van der Waals surface area contributed by atoms with Gasteiger partial charge in [-0.15, -0.1) is 0 Å². The van der Waals surface area contributed by atoms with Crippen molar-refractivity contribution in [3.8, 4) is 17.2 Å². The quantitative estimate of drug-likeness (QED) is 0.751. The van der Waals surface area contributed by atoms with Gasteiger partial charge in [0.05, 0.1) is 26.9 Å². The van der Waals surface area contributed by atoms with Crippen LogP contribution in [0.5, 0.6) is 17.2 Å². The lowest BCUT2D eigenvalue weighted by Crippen LogP contribution is -2.12. The van der Waals surface area contributed by atoms with Crippen LogP contribution in [0.15, 0.2) is 45.8 Å². The lowest BCUT2D eigenvalue weighted by molar-refractivity contribution is 0.241. The van der Waals surface area contributed by atoms with Crippen LogP contribution in [0, 0.1) is 0 Å². The van der Waals surface area contributed by atoms with E-state index in [-0.39, 0.29) is 17.7 Å². The van der Waals surface area contributed by atoms with Gasteiger partial charge in [0.1, 0.15) is 23.5 Å². The van der Waals surface area contributed by atoms with Gasteiger partial charge in [-0.05, 0) is 24.3 Å². The van der Waals surface area contributed by atoms with Gasteiger partial charge in [-0.25, -0.2) is 0 Å². The van der Waals surface area contributed by atoms with Crippen molar-refractivity contribution in [1.82, 2.24) is 0 Å². The molecule has 2 N–H and O–H groups in total. The van der Waals surface area contributed by atoms with Gasteiger partial charge in [0.2, 0.25) is 11.2 Å². The average Bonchev–Trinajstić information content (AvgIpc) is 2.56. The number of ether oxygens (including phenoxy) is 3. The van der Waals surface area contributed by atoms with Crippen molar-refractivity contribution in [2.75, 3.05) is 20.3 Å². The molecular formula is C16H19NO5. The fourth-order valence-corrected chi connectivity index (χ4v) is 1.75. The molecule has 1 aromatic carbocycles. The minimum absolute atomic E-state index is 0.182. The molecule has 1 aromatic heterocycles. The molecule has 6 heteroatoms. The van der Waals surface area contributed by atoms with Crippen LogP contribution >= 0.6 is 0 Å². The number of hydrogen-bond donors (Lipinski definition) is 1. The first-order chi connectivity index (χ1) is 10.7. The van der Waals surface area contributed by atoms with E-state index >= 15 is 0 Å². The van der Waals surface area contributed by atoms with Crippen molar-refractivity contribution in [3.63, 3.8) is 0 Å². The van der Waals surface area contributed by atoms with Gasteiger partial charge in [0, 0.05) is 12.5 Å². The van der Waals surface area contributed by atoms with Crippen molar-refractivity contribution >= 4 is 0 Å². The van der Waals surface area contributed by atoms with E-state index in [0.29, 0.717) is 25.4 Å². The molecule has 0 aliphatic rings. The van der Waals surface area contributed by atoms with Gasteiger partial charge in [-0.2, -0.15) is 0 Å². The highest BCUT2D eigenvalue weighted by Crippen LogP contribution is 2.17. The monoisotopic (exact) mass is 305 g/mol. The molecule has 22 heavy (non-hydrogen) atoms. The molecule has 2 aromatic rings. The van der Waals surface area contributed by atoms with Gasteiger partial charge in [-0.3, -0.25) is 4.79 Å². The van der Waals surface area contributed by atoms with Crippen LogP contribution < -0.4 is 25.4 Å². The van der Waals surface area contributed by atoms with Gasteiger partial charge < -0.3 is 24.4 Å². The van der Waals surface area contributed by atoms with Crippen LogP contribution in [0.4, 0.5) is 0 Å². The van der Waals surface area contributed by atoms with Gasteiger partial charge in [0.25, 0.3) is 0 Å². The Morgan fingerprint density at radius 2 is 1.77 bits per heavy atom. The standard InChI is InChI=1S/C16H19NO5/c1-19-12-3-5-13(6-4-12)20-7-2-8-21-16-11-22-14(10-17)9-15(16)18/h3-6,9,11H,2,7-8,10,17H2,1H3. The van der Waals surface area contributed by atoms with Gasteiger partial charge in [-0.1, -0.05) is 0 Å². The Morgan fingerprint density at radius 3 is 2.41 bits per heavy atom. The highest BCUT2D eigenvalue weighted by atomic mass is 16.5. The van der Waals surface area contributed by atoms with Crippen LogP contribution in [0.25, 0.3) is 0 Å². The van der Waals surface area contributed by atoms with Gasteiger partial charge >= 0.3 is 0 Å². The van der Waals surface area contributed by atoms with Crippen LogP contribution in [-0.2, 0) is 6.54 Å². The molecule has 0 unspecified atom stereocenters. The Morgan fingerprint density at radius 1 is 1.09 bits per heavy atom. The number of hydrogen-bond acceptors (Lipinski definition) is 6. The molecule has 0 bridgehead atoms. The molecule has 0 amide bonds. The lowest BCUT2D eigenvalue weighted by Gasteiger charge is -2.08. The first kappa shape index (κ1) is 15.9. The molecule has 0 aliphatic carbocycles. The second kappa shape index (κ2) is 8.09. The van der Waals surface area contributed by atoms with Crippen molar-refractivity contribution in [2.24, 2.45) is 5.73 Å². The van der Waals surface area contributed by atoms with Crippen molar-refractivity contribution < 1.29 is 18.6 Å². The predicted octanol–water partition coefficient (Wildman–Crippen LogP) is 1.96. The number of rotatable bonds is 8. The maximum absolute atomic E-state index is 11.7. The van der Waals surface area contributed by atoms with E-state index in [1.165, 1.54) is 12.3 Å². The Balaban J connectivity index is 1.71. The van der Waals surface area contributed by atoms with Crippen LogP contribution in [0.3, 0.4) is 0 Å². The number of nitrogens with two attached hydrogens (primary N) is 1. The molecule has 0 spiro atoms. The second-order valence-corrected chi connectivity index (χ2v) is 4.50. The largest absolute Gasteiger partial charge is 0.497 e. The van der Waals surface area contributed by atoms with E-state index in [4.69, 9.17) is 24.4 Å². The summed E-state index contributed by atoms with van der Waals surface area (Å²) in [6.45, 7) is 1.03. The third-order valence-electron chi connectivity index (χ3n) is 2.93. The molecule has 2 rings (SSSR count). The molecule has 118 valence electrons. The van der Waals surface area contributed by atoms with E-state index in [1.807, 2.05) is 24.3 Å². The summed E-state index contributed by atoms with van der Waals surface area (Å²) in [4.78, 5) is 11.7. The van der Waals surface area contributed by atoms with E-state index in [9.17, 15) is 4.79 Å². The second-order valence-electron chi connectivity index (χ2n) is 4.50. The fourth-order valence-electron chi connectivity index (χ4n) is 1.75. The van der Waals surface area contributed by atoms with Crippen molar-refractivity contribution in [2.45, 2.75) is 13.0 Å². The first-order valence-corrected chi connectivity index (χ1v) is 6.94. The summed E-state index contributed by atoms with van der Waals surface area (Å²) in [6.07, 6.45) is 1.93. The van der Waals surface area contributed by atoms with Crippen molar-refractivity contribution in [3.05, 3.63) is 52.6 Å². The van der Waals surface area contributed by atoms with Gasteiger partial charge in [0.15, 0.2) is 0 Å². The Bertz CT molecular complexity index is 636. The van der Waals surface area contributed by atoms with E-state index < -0.39 is 0 Å². The molecular weight excluding hydrogens is 286 g/mol. The van der Waals surface area contributed by atoms with Crippen molar-refractivity contribution in [1.29, 1.82) is 0 Å². The first-order valence-electron chi connectivity index (χ1n) is 6.94. The summed E-state index contributed by atoms with van der Waals surface area (Å²) in [7, 11) is 1.61. The molecule has 0 radical (unpaired) electrons. The minimum Gasteiger partial charge on any atom is -0.497 e. The zero-order chi connectivity index (χ0) is 15.8. The van der Waals surface area contributed by atoms with Crippen LogP contribution in [0.1, 0.15) is 12.2 Å². The Kier molecular flexibility index (Phi) is 5.85. The Hall–Kier alpha value is -2.47. The summed E-state index contributed by atoms with van der Waals surface area (Å²) >= 11 is 0. The molecule has 6 nitrogen and oxygen atoms in total. The highest BCUT2D eigenvalue weighted by Gasteiger charge is 2.03. The molecule has 0 saturated heterocycles. The zero-order valence-corrected chi connectivity index (χ0v) is 12.4. The zero-order valence-electron chi connectivity index (χ0n) is 12.4. The summed E-state index contributed by atoms with van der Waals surface area (Å²) in [5.74, 6) is 2.15. The lowest BCUT2D eigenvalue weighted by atomic mass is 10.3. The summed E-state index contributed by atoms with van der Waals surface area (Å²) in [5.41, 5.74) is 5.15. The molecule has 1 heterocycles. The van der Waals surface area contributed by atoms with E-state index in [1.54, 1.807) is 7.11 Å². The van der Waals surface area contributed by atoms with E-state index in [0.717, 1.165) is 11.5 Å². The van der Waals surface area contributed by atoms with Crippen LogP contribution in [0.2, 0.25) is 0 Å². The SMILES string of the molecule is COc1ccc(OCCCOc2coc(CN)cc2=O)cc1. The maximum atomic E-state index is 11.7. The molecule has 0 fully saturated rings. The third kappa shape index (κ3) is 4.53. The summed E-state index contributed by atoms with van der Waals surface area (Å²) in [6, 6.07) is 8.66.